The molecule has 1 atom stereocenters. The van der Waals surface area contributed by atoms with Crippen molar-refractivity contribution in [2.75, 3.05) is 16.8 Å². The van der Waals surface area contributed by atoms with Gasteiger partial charge in [0.1, 0.15) is 16.8 Å². The van der Waals surface area contributed by atoms with E-state index in [2.05, 4.69) is 5.32 Å². The van der Waals surface area contributed by atoms with Crippen molar-refractivity contribution in [1.82, 2.24) is 0 Å². The first-order chi connectivity index (χ1) is 17.4. The highest BCUT2D eigenvalue weighted by Crippen LogP contribution is 2.57. The van der Waals surface area contributed by atoms with Gasteiger partial charge in [-0.2, -0.15) is 0 Å². The van der Waals surface area contributed by atoms with Gasteiger partial charge in [-0.05, 0) is 62.8 Å². The maximum Gasteiger partial charge on any atom is 0.339 e. The van der Waals surface area contributed by atoms with Crippen molar-refractivity contribution in [2.24, 2.45) is 11.1 Å². The molecule has 0 aromatic heterocycles. The Kier molecular flexibility index (Phi) is 5.59. The Morgan fingerprint density at radius 1 is 1.05 bits per heavy atom. The highest BCUT2D eigenvalue weighted by molar-refractivity contribution is 6.23. The molecular formula is C30H33N3O4. The standard InChI is InChI=1S/C30H33N3O4/c1-7-37-27(35)25-26(31)33(21-13-17(3)8-10-18(21)4)22-14-29(5,6)15-23(34)24(22)30(25)19-12-16(2)9-11-20(19)32-28(30)36/h8-13H,7,14-15,31H2,1-6H3,(H,32,36). The summed E-state index contributed by atoms with van der Waals surface area (Å²) >= 11 is 0. The molecule has 37 heavy (non-hydrogen) atoms. The van der Waals surface area contributed by atoms with Crippen molar-refractivity contribution in [3.8, 4) is 0 Å². The molecule has 3 N–H and O–H groups in total. The summed E-state index contributed by atoms with van der Waals surface area (Å²) < 4.78 is 5.51. The molecule has 0 saturated heterocycles. The molecule has 2 heterocycles. The minimum absolute atomic E-state index is 0.0103. The van der Waals surface area contributed by atoms with Crippen LogP contribution in [0.5, 0.6) is 0 Å². The number of nitrogens with zero attached hydrogens (tertiary/aromatic N) is 1. The zero-order chi connectivity index (χ0) is 26.9. The first kappa shape index (κ1) is 24.8. The first-order valence-corrected chi connectivity index (χ1v) is 12.7. The van der Waals surface area contributed by atoms with Gasteiger partial charge in [0, 0.05) is 28.9 Å². The van der Waals surface area contributed by atoms with Gasteiger partial charge in [0.2, 0.25) is 5.91 Å². The van der Waals surface area contributed by atoms with Gasteiger partial charge in [-0.15, -0.1) is 0 Å². The molecule has 1 spiro atoms. The number of nitrogens with two attached hydrogens (primary N) is 1. The molecule has 0 fully saturated rings. The third kappa shape index (κ3) is 3.51. The van der Waals surface area contributed by atoms with Crippen LogP contribution in [0.1, 0.15) is 55.9 Å². The third-order valence-corrected chi connectivity index (χ3v) is 7.62. The molecule has 192 valence electrons. The quantitative estimate of drug-likeness (QED) is 0.594. The van der Waals surface area contributed by atoms with E-state index in [9.17, 15) is 14.4 Å². The number of rotatable bonds is 3. The molecule has 1 unspecified atom stereocenters. The molecule has 3 aliphatic rings. The summed E-state index contributed by atoms with van der Waals surface area (Å²) in [6.07, 6.45) is 0.757. The molecule has 2 aliphatic heterocycles. The first-order valence-electron chi connectivity index (χ1n) is 12.7. The molecule has 2 aromatic rings. The van der Waals surface area contributed by atoms with Crippen molar-refractivity contribution >= 4 is 29.0 Å². The molecule has 0 bridgehead atoms. The zero-order valence-electron chi connectivity index (χ0n) is 22.2. The minimum atomic E-state index is -1.69. The second-order valence-electron chi connectivity index (χ2n) is 11.1. The van der Waals surface area contributed by atoms with E-state index in [-0.39, 0.29) is 35.6 Å². The van der Waals surface area contributed by atoms with E-state index in [1.165, 1.54) is 0 Å². The molecule has 7 heteroatoms. The summed E-state index contributed by atoms with van der Waals surface area (Å²) in [5, 5.41) is 2.94. The largest absolute Gasteiger partial charge is 0.462 e. The van der Waals surface area contributed by atoms with Crippen LogP contribution in [0.2, 0.25) is 0 Å². The van der Waals surface area contributed by atoms with Gasteiger partial charge in [0.25, 0.3) is 0 Å². The van der Waals surface area contributed by atoms with E-state index in [0.717, 1.165) is 22.4 Å². The number of amides is 1. The number of esters is 1. The number of carbonyl (C=O) groups excluding carboxylic acids is 3. The second-order valence-corrected chi connectivity index (χ2v) is 11.1. The number of aryl methyl sites for hydroxylation is 3. The van der Waals surface area contributed by atoms with Crippen molar-refractivity contribution in [2.45, 2.75) is 59.8 Å². The van der Waals surface area contributed by atoms with Crippen LogP contribution < -0.4 is 16.0 Å². The van der Waals surface area contributed by atoms with E-state index >= 15 is 0 Å². The fraction of sp³-hybridized carbons (Fsp3) is 0.367. The molecule has 1 aliphatic carbocycles. The molecule has 7 nitrogen and oxygen atoms in total. The number of hydrogen-bond acceptors (Lipinski definition) is 6. The fourth-order valence-electron chi connectivity index (χ4n) is 6.09. The molecule has 2 aromatic carbocycles. The van der Waals surface area contributed by atoms with Gasteiger partial charge < -0.3 is 15.8 Å². The van der Waals surface area contributed by atoms with Gasteiger partial charge in [0.15, 0.2) is 5.78 Å². The van der Waals surface area contributed by atoms with E-state index in [1.54, 1.807) is 6.92 Å². The van der Waals surface area contributed by atoms with Gasteiger partial charge in [0.05, 0.1) is 12.3 Å². The Balaban J connectivity index is 1.95. The summed E-state index contributed by atoms with van der Waals surface area (Å²) in [6, 6.07) is 11.6. The van der Waals surface area contributed by atoms with Gasteiger partial charge >= 0.3 is 5.97 Å². The van der Waals surface area contributed by atoms with Crippen LogP contribution in [0.15, 0.2) is 59.1 Å². The number of Topliss-reactive ketones (excluding diaryl/α,β-unsaturated/α-hetero) is 1. The number of benzene rings is 2. The lowest BCUT2D eigenvalue weighted by Gasteiger charge is -2.47. The van der Waals surface area contributed by atoms with Crippen LogP contribution in [0, 0.1) is 26.2 Å². The maximum atomic E-state index is 14.1. The predicted molar refractivity (Wildman–Crippen MR) is 143 cm³/mol. The Bertz CT molecular complexity index is 1450. The summed E-state index contributed by atoms with van der Waals surface area (Å²) in [4.78, 5) is 43.8. The third-order valence-electron chi connectivity index (χ3n) is 7.62. The predicted octanol–water partition coefficient (Wildman–Crippen LogP) is 4.70. The van der Waals surface area contributed by atoms with Crippen molar-refractivity contribution in [3.05, 3.63) is 81.3 Å². The summed E-state index contributed by atoms with van der Waals surface area (Å²) in [5.74, 6) is -1.22. The molecule has 0 radical (unpaired) electrons. The lowest BCUT2D eigenvalue weighted by atomic mass is 9.60. The number of allylic oxidation sites excluding steroid dienone is 1. The van der Waals surface area contributed by atoms with Gasteiger partial charge in [-0.1, -0.05) is 43.7 Å². The maximum absolute atomic E-state index is 14.1. The van der Waals surface area contributed by atoms with Crippen LogP contribution in [0.4, 0.5) is 11.4 Å². The Morgan fingerprint density at radius 3 is 2.43 bits per heavy atom. The summed E-state index contributed by atoms with van der Waals surface area (Å²) in [5.41, 5.74) is 10.6. The second kappa shape index (κ2) is 8.33. The molecular weight excluding hydrogens is 466 g/mol. The van der Waals surface area contributed by atoms with E-state index in [0.29, 0.717) is 28.9 Å². The number of ether oxygens (including phenoxy) is 1. The fourth-order valence-corrected chi connectivity index (χ4v) is 6.09. The zero-order valence-corrected chi connectivity index (χ0v) is 22.2. The van der Waals surface area contributed by atoms with Crippen LogP contribution in [-0.2, 0) is 24.5 Å². The number of carbonyl (C=O) groups is 3. The minimum Gasteiger partial charge on any atom is -0.462 e. The average Bonchev–Trinajstić information content (AvgIpc) is 3.06. The number of fused-ring (bicyclic) bond motifs is 3. The van der Waals surface area contributed by atoms with Gasteiger partial charge in [-0.25, -0.2) is 4.79 Å². The highest BCUT2D eigenvalue weighted by atomic mass is 16.5. The average molecular weight is 500 g/mol. The van der Waals surface area contributed by atoms with Crippen LogP contribution in [0.3, 0.4) is 0 Å². The Labute approximate surface area is 217 Å². The van der Waals surface area contributed by atoms with E-state index < -0.39 is 17.3 Å². The highest BCUT2D eigenvalue weighted by Gasteiger charge is 2.63. The smallest absolute Gasteiger partial charge is 0.339 e. The Morgan fingerprint density at radius 2 is 1.73 bits per heavy atom. The normalized spacial score (nSPS) is 22.3. The van der Waals surface area contributed by atoms with Crippen LogP contribution in [0.25, 0.3) is 0 Å². The molecule has 5 rings (SSSR count). The summed E-state index contributed by atoms with van der Waals surface area (Å²) in [6.45, 7) is 11.7. The van der Waals surface area contributed by atoms with Crippen molar-refractivity contribution in [3.63, 3.8) is 0 Å². The van der Waals surface area contributed by atoms with Crippen LogP contribution >= 0.6 is 0 Å². The lowest BCUT2D eigenvalue weighted by Crippen LogP contribution is -2.54. The van der Waals surface area contributed by atoms with Crippen molar-refractivity contribution < 1.29 is 19.1 Å². The monoisotopic (exact) mass is 499 g/mol. The molecule has 1 amide bonds. The number of anilines is 2. The SMILES string of the molecule is CCOC(=O)C1=C(N)N(c2cc(C)ccc2C)C2=C(C(=O)CC(C)(C)C2)C12C(=O)Nc1ccc(C)cc12. The summed E-state index contributed by atoms with van der Waals surface area (Å²) in [7, 11) is 0. The lowest BCUT2D eigenvalue weighted by molar-refractivity contribution is -0.140. The number of ketones is 1. The topological polar surface area (TPSA) is 102 Å². The Hall–Kier alpha value is -3.87. The van der Waals surface area contributed by atoms with E-state index in [4.69, 9.17) is 10.5 Å². The van der Waals surface area contributed by atoms with E-state index in [1.807, 2.05) is 75.9 Å². The number of hydrogen-bond donors (Lipinski definition) is 2. The van der Waals surface area contributed by atoms with Crippen molar-refractivity contribution in [1.29, 1.82) is 0 Å². The number of nitrogens with one attached hydrogen (secondary N) is 1. The molecule has 0 saturated carbocycles. The van der Waals surface area contributed by atoms with Crippen LogP contribution in [-0.4, -0.2) is 24.3 Å². The van der Waals surface area contributed by atoms with Gasteiger partial charge in [-0.3, -0.25) is 14.5 Å².